The maximum absolute atomic E-state index is 14.7. The minimum absolute atomic E-state index is 0.0555. The lowest BCUT2D eigenvalue weighted by molar-refractivity contribution is -0.152. The van der Waals surface area contributed by atoms with Crippen molar-refractivity contribution in [2.45, 2.75) is 57.0 Å². The first kappa shape index (κ1) is 39.8. The normalized spacial score (nSPS) is 28.1. The molecule has 1 aromatic heterocycles. The third-order valence-corrected chi connectivity index (χ3v) is 13.7. The second-order valence-electron chi connectivity index (χ2n) is 16.1. The van der Waals surface area contributed by atoms with E-state index in [0.717, 1.165) is 37.8 Å². The number of amides is 2. The number of nitrogens with zero attached hydrogens (tertiary/aromatic N) is 5. The van der Waals surface area contributed by atoms with Gasteiger partial charge in [0.1, 0.15) is 27.3 Å². The highest BCUT2D eigenvalue weighted by atomic mass is 35.5. The molecule has 1 N–H and O–H groups in total. The summed E-state index contributed by atoms with van der Waals surface area (Å²) >= 11 is 6.48. The van der Waals surface area contributed by atoms with Crippen molar-refractivity contribution in [3.63, 3.8) is 0 Å². The first-order valence-corrected chi connectivity index (χ1v) is 21.3. The van der Waals surface area contributed by atoms with Gasteiger partial charge in [-0.2, -0.15) is 0 Å². The van der Waals surface area contributed by atoms with Crippen LogP contribution in [0, 0.1) is 17.8 Å². The number of ether oxygens (including phenoxy) is 3. The topological polar surface area (TPSA) is 145 Å². The number of allylic oxidation sites excluding steroid dienone is 1. The van der Waals surface area contributed by atoms with Gasteiger partial charge in [0.15, 0.2) is 0 Å². The summed E-state index contributed by atoms with van der Waals surface area (Å²) in [5.41, 5.74) is 3.13. The summed E-state index contributed by atoms with van der Waals surface area (Å²) in [5.74, 6) is -1.18. The number of rotatable bonds is 6. The number of carbonyl (C=O) groups excluding carboxylic acids is 3. The predicted molar refractivity (Wildman–Crippen MR) is 215 cm³/mol. The number of fused-ring (bicyclic) bond motifs is 4. The minimum atomic E-state index is -3.68. The number of halogens is 1. The van der Waals surface area contributed by atoms with E-state index in [1.165, 1.54) is 29.1 Å². The van der Waals surface area contributed by atoms with E-state index >= 15 is 0 Å². The van der Waals surface area contributed by atoms with Crippen molar-refractivity contribution in [1.82, 2.24) is 19.4 Å². The van der Waals surface area contributed by atoms with Crippen molar-refractivity contribution in [3.05, 3.63) is 82.0 Å². The van der Waals surface area contributed by atoms with Crippen molar-refractivity contribution < 1.29 is 32.8 Å². The molecule has 2 aliphatic carbocycles. The van der Waals surface area contributed by atoms with Gasteiger partial charge in [-0.1, -0.05) is 30.7 Å². The van der Waals surface area contributed by atoms with Gasteiger partial charge in [-0.15, -0.1) is 9.46 Å². The van der Waals surface area contributed by atoms with Crippen LogP contribution in [0.3, 0.4) is 0 Å². The van der Waals surface area contributed by atoms with E-state index in [2.05, 4.69) is 31.2 Å². The van der Waals surface area contributed by atoms with Crippen LogP contribution in [0.25, 0.3) is 0 Å². The molecule has 2 aliphatic heterocycles. The van der Waals surface area contributed by atoms with E-state index in [4.69, 9.17) is 25.8 Å². The molecule has 13 nitrogen and oxygen atoms in total. The zero-order valence-electron chi connectivity index (χ0n) is 32.7. The molecule has 7 rings (SSSR count). The number of hydrogen-bond donors (Lipinski definition) is 1. The van der Waals surface area contributed by atoms with Crippen molar-refractivity contribution in [2.24, 2.45) is 29.2 Å². The van der Waals surface area contributed by atoms with E-state index in [-0.39, 0.29) is 58.4 Å². The molecule has 56 heavy (non-hydrogen) atoms. The number of hydrogen-bond acceptors (Lipinski definition) is 10. The predicted octanol–water partition coefficient (Wildman–Crippen LogP) is 5.60. The van der Waals surface area contributed by atoms with Gasteiger partial charge in [0.25, 0.3) is 11.8 Å². The summed E-state index contributed by atoms with van der Waals surface area (Å²) in [5, 5.41) is 4.86. The molecular weight excluding hydrogens is 756 g/mol. The second-order valence-corrected chi connectivity index (χ2v) is 18.5. The van der Waals surface area contributed by atoms with E-state index < -0.39 is 27.8 Å². The molecule has 300 valence electrons. The minimum Gasteiger partial charge on any atom is -0.490 e. The van der Waals surface area contributed by atoms with Crippen LogP contribution in [-0.4, -0.2) is 96.0 Å². The summed E-state index contributed by atoms with van der Waals surface area (Å²) in [7, 11) is 3.02. The molecule has 1 spiro atoms. The summed E-state index contributed by atoms with van der Waals surface area (Å²) in [6, 6.07) is 11.3. The molecule has 2 bridgehead atoms. The first-order valence-electron chi connectivity index (χ1n) is 19.3. The van der Waals surface area contributed by atoms with Crippen molar-refractivity contribution >= 4 is 45.0 Å². The molecule has 0 saturated heterocycles. The third-order valence-electron chi connectivity index (χ3n) is 11.4. The van der Waals surface area contributed by atoms with Gasteiger partial charge in [0, 0.05) is 48.3 Å². The Bertz CT molecular complexity index is 2160. The highest BCUT2D eigenvalue weighted by Crippen LogP contribution is 2.47. The lowest BCUT2D eigenvalue weighted by atomic mass is 9.68. The average Bonchev–Trinajstić information content (AvgIpc) is 3.44. The number of anilines is 1. The van der Waals surface area contributed by atoms with Crippen LogP contribution in [0.2, 0.25) is 5.02 Å². The van der Waals surface area contributed by atoms with Gasteiger partial charge in [0.05, 0.1) is 31.7 Å². The van der Waals surface area contributed by atoms with Gasteiger partial charge in [-0.05, 0) is 112 Å². The van der Waals surface area contributed by atoms with Crippen LogP contribution < -0.4 is 19.1 Å². The smallest absolute Gasteiger partial charge is 0.320 e. The Kier molecular flexibility index (Phi) is 11.5. The Hall–Kier alpha value is -4.40. The number of aryl methyl sites for hydroxylation is 2. The Morgan fingerprint density at radius 1 is 1.18 bits per heavy atom. The maximum atomic E-state index is 14.7. The monoisotopic (exact) mass is 806 g/mol. The van der Waals surface area contributed by atoms with E-state index in [1.54, 1.807) is 30.1 Å². The van der Waals surface area contributed by atoms with Crippen LogP contribution in [0.15, 0.2) is 59.1 Å². The summed E-state index contributed by atoms with van der Waals surface area (Å²) < 4.78 is 41.1. The Morgan fingerprint density at radius 2 is 2.00 bits per heavy atom. The molecule has 3 heterocycles. The van der Waals surface area contributed by atoms with E-state index in [0.29, 0.717) is 36.9 Å². The number of carbonyl (C=O) groups is 3. The number of likely N-dealkylation sites (N-methyl/N-ethyl adjacent to an activating group) is 1. The third kappa shape index (κ3) is 8.47. The zero-order chi connectivity index (χ0) is 39.8. The fourth-order valence-corrected chi connectivity index (χ4v) is 10.7. The van der Waals surface area contributed by atoms with Crippen LogP contribution in [0.5, 0.6) is 11.6 Å². The second kappa shape index (κ2) is 16.2. The van der Waals surface area contributed by atoms with Gasteiger partial charge < -0.3 is 19.1 Å². The number of aromatic nitrogens is 2. The quantitative estimate of drug-likeness (QED) is 0.247. The highest BCUT2D eigenvalue weighted by molar-refractivity contribution is 7.92. The Labute approximate surface area is 334 Å². The SMILES string of the molecule is COc1nn(C)cc1C(=O)NS1(=O)=NC(=O)c2ccc3c(c2)N(C[C@@H]2CC[C@H]2[C@@H](OC(=O)CN(C)C)/C=C/C[C@H](C)C1)C[C@@]1(CCCc2cc(Cl)ccc21)CO3. The molecule has 2 amide bonds. The fourth-order valence-electron chi connectivity index (χ4n) is 8.66. The van der Waals surface area contributed by atoms with Crippen molar-refractivity contribution in [3.8, 4) is 11.6 Å². The lowest BCUT2D eigenvalue weighted by Crippen LogP contribution is -2.50. The summed E-state index contributed by atoms with van der Waals surface area (Å²) in [6.45, 7) is 3.76. The summed E-state index contributed by atoms with van der Waals surface area (Å²) in [6.07, 6.45) is 10.0. The van der Waals surface area contributed by atoms with Gasteiger partial charge in [-0.25, -0.2) is 4.21 Å². The molecule has 2 aromatic carbocycles. The van der Waals surface area contributed by atoms with Crippen molar-refractivity contribution in [2.75, 3.05) is 58.1 Å². The van der Waals surface area contributed by atoms with Crippen molar-refractivity contribution in [1.29, 1.82) is 0 Å². The van der Waals surface area contributed by atoms with E-state index in [9.17, 15) is 18.6 Å². The number of nitrogens with one attached hydrogen (secondary N) is 1. The van der Waals surface area contributed by atoms with Crippen LogP contribution in [0.1, 0.15) is 70.9 Å². The van der Waals surface area contributed by atoms with Gasteiger partial charge in [0.2, 0.25) is 5.88 Å². The van der Waals surface area contributed by atoms with Crippen LogP contribution in [-0.2, 0) is 38.3 Å². The lowest BCUT2D eigenvalue weighted by Gasteiger charge is -2.46. The molecular formula is C41H51ClN6O7S. The molecule has 1 fully saturated rings. The van der Waals surface area contributed by atoms with Crippen LogP contribution in [0.4, 0.5) is 5.69 Å². The molecule has 3 aromatic rings. The van der Waals surface area contributed by atoms with Gasteiger partial charge >= 0.3 is 5.97 Å². The van der Waals surface area contributed by atoms with Gasteiger partial charge in [-0.3, -0.25) is 28.7 Å². The largest absolute Gasteiger partial charge is 0.490 e. The van der Waals surface area contributed by atoms with Crippen LogP contribution >= 0.6 is 11.6 Å². The molecule has 6 atom stereocenters. The maximum Gasteiger partial charge on any atom is 0.320 e. The molecule has 0 radical (unpaired) electrons. The summed E-state index contributed by atoms with van der Waals surface area (Å²) in [4.78, 5) is 44.9. The molecule has 1 unspecified atom stereocenters. The number of benzene rings is 2. The zero-order valence-corrected chi connectivity index (χ0v) is 34.2. The number of esters is 1. The molecule has 15 heteroatoms. The first-order chi connectivity index (χ1) is 26.7. The fraction of sp³-hybridized carbons (Fsp3) is 0.512. The Morgan fingerprint density at radius 3 is 2.75 bits per heavy atom. The average molecular weight is 807 g/mol. The van der Waals surface area contributed by atoms with E-state index in [1.807, 2.05) is 39.2 Å². The Balaban J connectivity index is 1.31. The molecule has 4 aliphatic rings. The number of methoxy groups -OCH3 is 1. The standard InChI is InChI=1S/C41H51ClN6O7S/c1-26-8-6-10-35(55-37(49)22-46(2)3)31-14-11-29(31)20-48-24-41(17-7-9-27-18-30(42)13-15-33(27)41)25-54-36-16-12-28(19-34(36)48)38(50)44-56(52,23-26)45-39(51)32-21-47(4)43-40(32)53-5/h6,10,12-13,15-16,18-19,21,26,29,31,35H,7-9,11,14,17,20,22-25H2,1-5H3,(H,44,45,50,51,52)/b10-6+/t26-,29-,31+,35-,41-,56?/m0/s1. The highest BCUT2D eigenvalue weighted by Gasteiger charge is 2.45. The molecule has 1 saturated carbocycles.